The lowest BCUT2D eigenvalue weighted by molar-refractivity contribution is -0.126. The van der Waals surface area contributed by atoms with E-state index in [0.29, 0.717) is 17.9 Å². The van der Waals surface area contributed by atoms with Crippen molar-refractivity contribution in [2.24, 2.45) is 17.6 Å². The van der Waals surface area contributed by atoms with E-state index in [1.54, 1.807) is 0 Å². The molecular formula is C16H30N2O. The molecule has 0 heterocycles. The molecule has 2 aliphatic rings. The Morgan fingerprint density at radius 2 is 1.74 bits per heavy atom. The number of nitrogens with one attached hydrogen (secondary N) is 1. The fourth-order valence-corrected chi connectivity index (χ4v) is 3.68. The number of hydrogen-bond donors (Lipinski definition) is 2. The summed E-state index contributed by atoms with van der Waals surface area (Å²) >= 11 is 0. The average Bonchev–Trinajstić information content (AvgIpc) is 2.65. The van der Waals surface area contributed by atoms with Crippen molar-refractivity contribution < 1.29 is 4.79 Å². The lowest BCUT2D eigenvalue weighted by Gasteiger charge is -2.25. The largest absolute Gasteiger partial charge is 0.353 e. The highest BCUT2D eigenvalue weighted by Gasteiger charge is 2.27. The fraction of sp³-hybridized carbons (Fsp3) is 0.938. The second kappa shape index (κ2) is 7.28. The molecule has 0 aromatic carbocycles. The molecule has 2 fully saturated rings. The van der Waals surface area contributed by atoms with Crippen molar-refractivity contribution in [2.45, 2.75) is 83.2 Å². The molecule has 110 valence electrons. The van der Waals surface area contributed by atoms with Crippen LogP contribution < -0.4 is 11.1 Å². The SMILES string of the molecule is CC(N)C1CCCC(C(=O)NC2CCCCC2)CC1. The quantitative estimate of drug-likeness (QED) is 0.772. The second-order valence-corrected chi connectivity index (χ2v) is 6.67. The second-order valence-electron chi connectivity index (χ2n) is 6.67. The van der Waals surface area contributed by atoms with Gasteiger partial charge >= 0.3 is 0 Å². The maximum Gasteiger partial charge on any atom is 0.223 e. The molecule has 0 radical (unpaired) electrons. The Hall–Kier alpha value is -0.570. The molecule has 3 atom stereocenters. The predicted octanol–water partition coefficient (Wildman–Crippen LogP) is 2.98. The summed E-state index contributed by atoms with van der Waals surface area (Å²) in [5.74, 6) is 1.18. The highest BCUT2D eigenvalue weighted by molar-refractivity contribution is 5.78. The topological polar surface area (TPSA) is 55.1 Å². The normalized spacial score (nSPS) is 31.5. The van der Waals surface area contributed by atoms with Gasteiger partial charge in [0.1, 0.15) is 0 Å². The minimum Gasteiger partial charge on any atom is -0.353 e. The van der Waals surface area contributed by atoms with Gasteiger partial charge in [-0.05, 0) is 51.4 Å². The molecule has 3 N–H and O–H groups in total. The van der Waals surface area contributed by atoms with Crippen LogP contribution in [0.15, 0.2) is 0 Å². The molecule has 2 saturated carbocycles. The highest BCUT2D eigenvalue weighted by Crippen LogP contribution is 2.29. The standard InChI is InChI=1S/C16H30N2O/c1-12(17)13-6-5-7-14(11-10-13)16(19)18-15-8-3-2-4-9-15/h12-15H,2-11,17H2,1H3,(H,18,19). The van der Waals surface area contributed by atoms with E-state index in [-0.39, 0.29) is 12.0 Å². The third-order valence-corrected chi connectivity index (χ3v) is 5.08. The first-order valence-corrected chi connectivity index (χ1v) is 8.22. The van der Waals surface area contributed by atoms with Gasteiger partial charge in [-0.3, -0.25) is 4.79 Å². The minimum atomic E-state index is 0.241. The Morgan fingerprint density at radius 1 is 1.00 bits per heavy atom. The maximum absolute atomic E-state index is 12.4. The van der Waals surface area contributed by atoms with Gasteiger partial charge in [0.2, 0.25) is 5.91 Å². The monoisotopic (exact) mass is 266 g/mol. The Labute approximate surface area is 117 Å². The van der Waals surface area contributed by atoms with Gasteiger partial charge in [0.15, 0.2) is 0 Å². The number of rotatable bonds is 3. The Morgan fingerprint density at radius 3 is 2.42 bits per heavy atom. The van der Waals surface area contributed by atoms with Gasteiger partial charge in [0.25, 0.3) is 0 Å². The van der Waals surface area contributed by atoms with Crippen LogP contribution in [0.4, 0.5) is 0 Å². The summed E-state index contributed by atoms with van der Waals surface area (Å²) < 4.78 is 0. The van der Waals surface area contributed by atoms with Crippen LogP contribution in [0.1, 0.15) is 71.1 Å². The van der Waals surface area contributed by atoms with E-state index in [2.05, 4.69) is 12.2 Å². The van der Waals surface area contributed by atoms with Crippen LogP contribution in [0, 0.1) is 11.8 Å². The van der Waals surface area contributed by atoms with Crippen molar-refractivity contribution in [3.63, 3.8) is 0 Å². The molecular weight excluding hydrogens is 236 g/mol. The number of amides is 1. The zero-order chi connectivity index (χ0) is 13.7. The molecule has 0 aliphatic heterocycles. The summed E-state index contributed by atoms with van der Waals surface area (Å²) in [6, 6.07) is 0.730. The molecule has 3 unspecified atom stereocenters. The smallest absolute Gasteiger partial charge is 0.223 e. The molecule has 0 aromatic heterocycles. The fourth-order valence-electron chi connectivity index (χ4n) is 3.68. The molecule has 3 nitrogen and oxygen atoms in total. The van der Waals surface area contributed by atoms with Crippen LogP contribution in [-0.2, 0) is 4.79 Å². The molecule has 2 aliphatic carbocycles. The minimum absolute atomic E-state index is 0.241. The van der Waals surface area contributed by atoms with Gasteiger partial charge in [-0.2, -0.15) is 0 Å². The third kappa shape index (κ3) is 4.48. The first kappa shape index (κ1) is 14.8. The molecule has 2 rings (SSSR count). The van der Waals surface area contributed by atoms with E-state index >= 15 is 0 Å². The van der Waals surface area contributed by atoms with Crippen LogP contribution in [0.25, 0.3) is 0 Å². The van der Waals surface area contributed by atoms with Crippen molar-refractivity contribution in [2.75, 3.05) is 0 Å². The molecule has 0 bridgehead atoms. The molecule has 0 aromatic rings. The lowest BCUT2D eigenvalue weighted by Crippen LogP contribution is -2.39. The summed E-state index contributed by atoms with van der Waals surface area (Å²) in [6.07, 6.45) is 11.8. The summed E-state index contributed by atoms with van der Waals surface area (Å²) in [5.41, 5.74) is 6.01. The zero-order valence-corrected chi connectivity index (χ0v) is 12.4. The van der Waals surface area contributed by atoms with Gasteiger partial charge in [-0.25, -0.2) is 0 Å². The summed E-state index contributed by atoms with van der Waals surface area (Å²) in [5, 5.41) is 3.29. The highest BCUT2D eigenvalue weighted by atomic mass is 16.1. The van der Waals surface area contributed by atoms with E-state index in [0.717, 1.165) is 25.7 Å². The van der Waals surface area contributed by atoms with Crippen molar-refractivity contribution in [1.82, 2.24) is 5.32 Å². The van der Waals surface area contributed by atoms with Crippen LogP contribution in [0.3, 0.4) is 0 Å². The average molecular weight is 266 g/mol. The first-order chi connectivity index (χ1) is 9.16. The molecule has 0 saturated heterocycles. The van der Waals surface area contributed by atoms with Gasteiger partial charge in [-0.15, -0.1) is 0 Å². The first-order valence-electron chi connectivity index (χ1n) is 8.22. The molecule has 19 heavy (non-hydrogen) atoms. The summed E-state index contributed by atoms with van der Waals surface area (Å²) in [4.78, 5) is 12.4. The lowest BCUT2D eigenvalue weighted by atomic mass is 9.92. The van der Waals surface area contributed by atoms with Crippen LogP contribution in [0.2, 0.25) is 0 Å². The maximum atomic E-state index is 12.4. The van der Waals surface area contributed by atoms with E-state index < -0.39 is 0 Å². The van der Waals surface area contributed by atoms with Gasteiger partial charge in [0, 0.05) is 18.0 Å². The van der Waals surface area contributed by atoms with E-state index in [9.17, 15) is 4.79 Å². The van der Waals surface area contributed by atoms with E-state index in [1.807, 2.05) is 0 Å². The number of hydrogen-bond acceptors (Lipinski definition) is 2. The number of nitrogens with two attached hydrogens (primary N) is 1. The van der Waals surface area contributed by atoms with Gasteiger partial charge < -0.3 is 11.1 Å². The summed E-state index contributed by atoms with van der Waals surface area (Å²) in [6.45, 7) is 2.10. The van der Waals surface area contributed by atoms with Crippen LogP contribution in [0.5, 0.6) is 0 Å². The molecule has 3 heteroatoms. The zero-order valence-electron chi connectivity index (χ0n) is 12.4. The molecule has 0 spiro atoms. The summed E-state index contributed by atoms with van der Waals surface area (Å²) in [7, 11) is 0. The molecule has 1 amide bonds. The van der Waals surface area contributed by atoms with Crippen molar-refractivity contribution in [3.8, 4) is 0 Å². The van der Waals surface area contributed by atoms with E-state index in [1.165, 1.54) is 38.5 Å². The number of carbonyl (C=O) groups is 1. The van der Waals surface area contributed by atoms with Crippen LogP contribution >= 0.6 is 0 Å². The predicted molar refractivity (Wildman–Crippen MR) is 78.7 cm³/mol. The van der Waals surface area contributed by atoms with Crippen molar-refractivity contribution in [3.05, 3.63) is 0 Å². The Balaban J connectivity index is 1.78. The van der Waals surface area contributed by atoms with E-state index in [4.69, 9.17) is 5.73 Å². The Bertz CT molecular complexity index is 284. The van der Waals surface area contributed by atoms with Gasteiger partial charge in [-0.1, -0.05) is 25.7 Å². The Kier molecular flexibility index (Phi) is 5.68. The van der Waals surface area contributed by atoms with Crippen LogP contribution in [-0.4, -0.2) is 18.0 Å². The third-order valence-electron chi connectivity index (χ3n) is 5.08. The van der Waals surface area contributed by atoms with Gasteiger partial charge in [0.05, 0.1) is 0 Å². The number of carbonyl (C=O) groups excluding carboxylic acids is 1. The van der Waals surface area contributed by atoms with Crippen molar-refractivity contribution in [1.29, 1.82) is 0 Å². The van der Waals surface area contributed by atoms with Crippen molar-refractivity contribution >= 4 is 5.91 Å².